The van der Waals surface area contributed by atoms with Gasteiger partial charge in [-0.2, -0.15) is 0 Å². The van der Waals surface area contributed by atoms with Crippen LogP contribution in [0.3, 0.4) is 0 Å². The minimum absolute atomic E-state index is 0.219. The van der Waals surface area contributed by atoms with E-state index in [9.17, 15) is 4.79 Å². The molecular weight excluding hydrogens is 240 g/mol. The summed E-state index contributed by atoms with van der Waals surface area (Å²) in [5.41, 5.74) is 11.6. The molecule has 94 valence electrons. The number of hydrogen-bond acceptors (Lipinski definition) is 3. The fourth-order valence-corrected chi connectivity index (χ4v) is 1.61. The molecule has 0 radical (unpaired) electrons. The normalized spacial score (nSPS) is 12.2. The van der Waals surface area contributed by atoms with Crippen molar-refractivity contribution in [2.24, 2.45) is 17.4 Å². The van der Waals surface area contributed by atoms with E-state index in [1.807, 2.05) is 12.1 Å². The number of para-hydroxylation sites is 1. The number of rotatable bonds is 6. The molecule has 0 heterocycles. The minimum atomic E-state index is -0.391. The Morgan fingerprint density at radius 1 is 1.53 bits per heavy atom. The van der Waals surface area contributed by atoms with E-state index in [-0.39, 0.29) is 12.5 Å². The smallest absolute Gasteiger partial charge is 0.223 e. The largest absolute Gasteiger partial charge is 0.491 e. The maximum atomic E-state index is 10.9. The van der Waals surface area contributed by atoms with Gasteiger partial charge in [0, 0.05) is 0 Å². The fourth-order valence-electron chi connectivity index (χ4n) is 1.36. The lowest BCUT2D eigenvalue weighted by Gasteiger charge is -2.14. The van der Waals surface area contributed by atoms with Gasteiger partial charge in [-0.1, -0.05) is 30.7 Å². The Bertz CT molecular complexity index is 396. The molecule has 1 atom stereocenters. The van der Waals surface area contributed by atoms with Crippen molar-refractivity contribution in [3.63, 3.8) is 0 Å². The monoisotopic (exact) mass is 256 g/mol. The first-order chi connectivity index (χ1) is 8.06. The summed E-state index contributed by atoms with van der Waals surface area (Å²) in [7, 11) is 0. The summed E-state index contributed by atoms with van der Waals surface area (Å²) in [5, 5.41) is 0.521. The van der Waals surface area contributed by atoms with Crippen LogP contribution in [0.5, 0.6) is 5.75 Å². The Morgan fingerprint density at radius 3 is 2.82 bits per heavy atom. The zero-order chi connectivity index (χ0) is 12.8. The van der Waals surface area contributed by atoms with Gasteiger partial charge in [0.15, 0.2) is 0 Å². The lowest BCUT2D eigenvalue weighted by atomic mass is 10.1. The van der Waals surface area contributed by atoms with E-state index in [1.54, 1.807) is 13.0 Å². The van der Waals surface area contributed by atoms with Crippen molar-refractivity contribution in [2.45, 2.75) is 13.3 Å². The van der Waals surface area contributed by atoms with E-state index < -0.39 is 5.91 Å². The summed E-state index contributed by atoms with van der Waals surface area (Å²) < 4.78 is 5.56. The molecule has 4 nitrogen and oxygen atoms in total. The summed E-state index contributed by atoms with van der Waals surface area (Å²) in [6.07, 6.45) is 0.681. The van der Waals surface area contributed by atoms with Crippen LogP contribution < -0.4 is 16.2 Å². The van der Waals surface area contributed by atoms with E-state index in [1.165, 1.54) is 0 Å². The first-order valence-corrected chi connectivity index (χ1v) is 5.83. The molecule has 17 heavy (non-hydrogen) atoms. The molecule has 0 aliphatic heterocycles. The van der Waals surface area contributed by atoms with Crippen molar-refractivity contribution in [3.8, 4) is 5.75 Å². The van der Waals surface area contributed by atoms with Crippen LogP contribution in [0.4, 0.5) is 0 Å². The number of nitrogens with two attached hydrogens (primary N) is 2. The van der Waals surface area contributed by atoms with Gasteiger partial charge >= 0.3 is 0 Å². The van der Waals surface area contributed by atoms with Gasteiger partial charge in [-0.15, -0.1) is 0 Å². The van der Waals surface area contributed by atoms with Crippen molar-refractivity contribution < 1.29 is 9.53 Å². The highest BCUT2D eigenvalue weighted by Gasteiger charge is 2.13. The molecule has 1 aromatic carbocycles. The topological polar surface area (TPSA) is 78.3 Å². The molecule has 0 aliphatic carbocycles. The van der Waals surface area contributed by atoms with Gasteiger partial charge in [0.05, 0.1) is 17.5 Å². The zero-order valence-electron chi connectivity index (χ0n) is 9.78. The van der Waals surface area contributed by atoms with E-state index in [0.29, 0.717) is 23.7 Å². The van der Waals surface area contributed by atoms with Crippen LogP contribution >= 0.6 is 11.6 Å². The predicted molar refractivity (Wildman–Crippen MR) is 68.1 cm³/mol. The summed E-state index contributed by atoms with van der Waals surface area (Å²) >= 11 is 6.05. The van der Waals surface area contributed by atoms with Crippen molar-refractivity contribution in [2.75, 3.05) is 13.2 Å². The van der Waals surface area contributed by atoms with Crippen molar-refractivity contribution in [1.82, 2.24) is 0 Å². The van der Waals surface area contributed by atoms with Gasteiger partial charge < -0.3 is 16.2 Å². The van der Waals surface area contributed by atoms with Gasteiger partial charge in [-0.25, -0.2) is 0 Å². The predicted octanol–water partition coefficient (Wildman–Crippen LogP) is 1.34. The second kappa shape index (κ2) is 6.47. The van der Waals surface area contributed by atoms with E-state index in [2.05, 4.69) is 0 Å². The Hall–Kier alpha value is -1.26. The quantitative estimate of drug-likeness (QED) is 0.806. The molecule has 4 N–H and O–H groups in total. The van der Waals surface area contributed by atoms with Crippen LogP contribution in [0.25, 0.3) is 0 Å². The van der Waals surface area contributed by atoms with Gasteiger partial charge in [-0.05, 0) is 24.6 Å². The van der Waals surface area contributed by atoms with Gasteiger partial charge in [0.2, 0.25) is 5.91 Å². The molecule has 5 heteroatoms. The third kappa shape index (κ3) is 3.91. The molecule has 0 saturated carbocycles. The fraction of sp³-hybridized carbons (Fsp3) is 0.417. The summed E-state index contributed by atoms with van der Waals surface area (Å²) in [6, 6.07) is 5.49. The maximum Gasteiger partial charge on any atom is 0.223 e. The number of amides is 1. The van der Waals surface area contributed by atoms with Crippen LogP contribution in [0, 0.1) is 5.92 Å². The summed E-state index contributed by atoms with van der Waals surface area (Å²) in [6.45, 7) is 2.44. The molecule has 0 bridgehead atoms. The molecule has 0 spiro atoms. The lowest BCUT2D eigenvalue weighted by molar-refractivity contribution is -0.122. The Kier molecular flexibility index (Phi) is 5.25. The zero-order valence-corrected chi connectivity index (χ0v) is 10.5. The molecular formula is C12H17ClN2O2. The number of ether oxygens (including phenoxy) is 1. The second-order valence-corrected chi connectivity index (χ2v) is 4.29. The van der Waals surface area contributed by atoms with Gasteiger partial charge in [-0.3, -0.25) is 4.79 Å². The number of carbonyl (C=O) groups is 1. The van der Waals surface area contributed by atoms with Crippen molar-refractivity contribution >= 4 is 17.5 Å². The highest BCUT2D eigenvalue weighted by atomic mass is 35.5. The average molecular weight is 257 g/mol. The molecule has 0 aromatic heterocycles. The van der Waals surface area contributed by atoms with E-state index in [0.717, 1.165) is 5.56 Å². The SMILES string of the molecule is CC(COc1c(Cl)cccc1CCN)C(N)=O. The van der Waals surface area contributed by atoms with Crippen molar-refractivity contribution in [1.29, 1.82) is 0 Å². The Morgan fingerprint density at radius 2 is 2.24 bits per heavy atom. The van der Waals surface area contributed by atoms with Gasteiger partial charge in [0.1, 0.15) is 5.75 Å². The second-order valence-electron chi connectivity index (χ2n) is 3.88. The molecule has 0 saturated heterocycles. The van der Waals surface area contributed by atoms with Crippen LogP contribution in [-0.4, -0.2) is 19.1 Å². The molecule has 1 rings (SSSR count). The standard InChI is InChI=1S/C12H17ClN2O2/c1-8(12(15)16)7-17-11-9(5-6-14)3-2-4-10(11)13/h2-4,8H,5-7,14H2,1H3,(H2,15,16). The highest BCUT2D eigenvalue weighted by Crippen LogP contribution is 2.29. The first kappa shape index (κ1) is 13.8. The number of halogens is 1. The van der Waals surface area contributed by atoms with Crippen LogP contribution in [0.15, 0.2) is 18.2 Å². The molecule has 1 amide bonds. The minimum Gasteiger partial charge on any atom is -0.491 e. The Balaban J connectivity index is 2.78. The van der Waals surface area contributed by atoms with Crippen LogP contribution in [0.1, 0.15) is 12.5 Å². The van der Waals surface area contributed by atoms with Gasteiger partial charge in [0.25, 0.3) is 0 Å². The van der Waals surface area contributed by atoms with E-state index >= 15 is 0 Å². The Labute approximate surface area is 106 Å². The maximum absolute atomic E-state index is 10.9. The average Bonchev–Trinajstić information content (AvgIpc) is 2.28. The number of carbonyl (C=O) groups excluding carboxylic acids is 1. The van der Waals surface area contributed by atoms with Crippen LogP contribution in [0.2, 0.25) is 5.02 Å². The summed E-state index contributed by atoms with van der Waals surface area (Å²) in [4.78, 5) is 10.9. The molecule has 1 aromatic rings. The highest BCUT2D eigenvalue weighted by molar-refractivity contribution is 6.32. The molecule has 0 aliphatic rings. The molecule has 1 unspecified atom stereocenters. The first-order valence-electron chi connectivity index (χ1n) is 5.45. The lowest BCUT2D eigenvalue weighted by Crippen LogP contribution is -2.26. The third-order valence-electron chi connectivity index (χ3n) is 2.43. The number of benzene rings is 1. The molecule has 0 fully saturated rings. The van der Waals surface area contributed by atoms with E-state index in [4.69, 9.17) is 27.8 Å². The van der Waals surface area contributed by atoms with Crippen molar-refractivity contribution in [3.05, 3.63) is 28.8 Å². The van der Waals surface area contributed by atoms with Crippen LogP contribution in [-0.2, 0) is 11.2 Å². The third-order valence-corrected chi connectivity index (χ3v) is 2.72. The number of hydrogen-bond donors (Lipinski definition) is 2. The number of primary amides is 1. The summed E-state index contributed by atoms with van der Waals surface area (Å²) in [5.74, 6) is -0.151.